The number of imidazole rings is 1. The number of fused-ring (bicyclic) bond motifs is 2. The van der Waals surface area contributed by atoms with Gasteiger partial charge in [0.1, 0.15) is 10.7 Å². The molecule has 1 saturated heterocycles. The second-order valence-corrected chi connectivity index (χ2v) is 10.4. The van der Waals surface area contributed by atoms with E-state index in [9.17, 15) is 13.2 Å². The Labute approximate surface area is 202 Å². The first-order valence-corrected chi connectivity index (χ1v) is 13.0. The summed E-state index contributed by atoms with van der Waals surface area (Å²) in [7, 11) is -3.70. The summed E-state index contributed by atoms with van der Waals surface area (Å²) in [6.45, 7) is 1.06. The molecule has 0 bridgehead atoms. The van der Waals surface area contributed by atoms with Gasteiger partial charge in [-0.2, -0.15) is 8.42 Å². The maximum Gasteiger partial charge on any atom is 0.285 e. The van der Waals surface area contributed by atoms with Gasteiger partial charge in [0.25, 0.3) is 10.0 Å². The Morgan fingerprint density at radius 2 is 1.71 bits per heavy atom. The Bertz CT molecular complexity index is 1560. The number of para-hydroxylation sites is 3. The Hall–Kier alpha value is -3.98. The van der Waals surface area contributed by atoms with Gasteiger partial charge >= 0.3 is 0 Å². The molecule has 35 heavy (non-hydrogen) atoms. The lowest BCUT2D eigenvalue weighted by Gasteiger charge is -2.33. The van der Waals surface area contributed by atoms with Gasteiger partial charge in [0.2, 0.25) is 5.91 Å². The molecular formula is C26H23N5O3S. The summed E-state index contributed by atoms with van der Waals surface area (Å²) in [5, 5.41) is 3.09. The number of likely N-dealkylation sites (tertiary alicyclic amines) is 1. The molecule has 2 aliphatic rings. The van der Waals surface area contributed by atoms with Crippen molar-refractivity contribution in [3.8, 4) is 11.4 Å². The molecule has 2 aliphatic heterocycles. The SMILES string of the molecule is O=C(Nc1ccccc1-c1nc2ccccc2[nH]1)C1CCCN(C2=NS(=O)(=O)c3ccccc32)C1. The van der Waals surface area contributed by atoms with Crippen molar-refractivity contribution >= 4 is 38.5 Å². The van der Waals surface area contributed by atoms with Crippen LogP contribution in [-0.4, -0.2) is 48.1 Å². The number of amidine groups is 1. The highest BCUT2D eigenvalue weighted by atomic mass is 32.2. The van der Waals surface area contributed by atoms with E-state index in [1.165, 1.54) is 0 Å². The number of sulfonamides is 1. The number of rotatable bonds is 3. The van der Waals surface area contributed by atoms with E-state index in [0.29, 0.717) is 36.0 Å². The molecule has 3 aromatic carbocycles. The lowest BCUT2D eigenvalue weighted by Crippen LogP contribution is -2.43. The third-order valence-electron chi connectivity index (χ3n) is 6.53. The molecule has 9 heteroatoms. The van der Waals surface area contributed by atoms with Gasteiger partial charge in [0.05, 0.1) is 22.6 Å². The number of nitrogens with zero attached hydrogens (tertiary/aromatic N) is 3. The summed E-state index contributed by atoms with van der Waals surface area (Å²) in [5.41, 5.74) is 3.88. The van der Waals surface area contributed by atoms with E-state index in [1.54, 1.807) is 24.3 Å². The van der Waals surface area contributed by atoms with Crippen LogP contribution in [0.15, 0.2) is 82.1 Å². The number of hydrogen-bond acceptors (Lipinski definition) is 5. The number of H-pyrrole nitrogens is 1. The van der Waals surface area contributed by atoms with Gasteiger partial charge in [-0.1, -0.05) is 36.4 Å². The molecule has 1 aromatic heterocycles. The molecule has 2 N–H and O–H groups in total. The highest BCUT2D eigenvalue weighted by molar-refractivity contribution is 7.90. The number of nitrogens with one attached hydrogen (secondary N) is 2. The first-order chi connectivity index (χ1) is 17.0. The number of amides is 1. The summed E-state index contributed by atoms with van der Waals surface area (Å²) in [5.74, 6) is 0.717. The van der Waals surface area contributed by atoms with Crippen LogP contribution in [0.25, 0.3) is 22.4 Å². The zero-order chi connectivity index (χ0) is 24.0. The third-order valence-corrected chi connectivity index (χ3v) is 7.86. The summed E-state index contributed by atoms with van der Waals surface area (Å²) in [6, 6.07) is 22.2. The molecule has 4 aromatic rings. The fourth-order valence-corrected chi connectivity index (χ4v) is 6.04. The summed E-state index contributed by atoms with van der Waals surface area (Å²) < 4.78 is 29.0. The maximum absolute atomic E-state index is 13.3. The van der Waals surface area contributed by atoms with E-state index in [0.717, 1.165) is 29.4 Å². The molecule has 176 valence electrons. The Morgan fingerprint density at radius 3 is 2.57 bits per heavy atom. The number of carbonyl (C=O) groups excluding carboxylic acids is 1. The van der Waals surface area contributed by atoms with Crippen LogP contribution in [0.3, 0.4) is 0 Å². The topological polar surface area (TPSA) is 108 Å². The Balaban J connectivity index is 1.24. The van der Waals surface area contributed by atoms with Crippen LogP contribution in [0.5, 0.6) is 0 Å². The van der Waals surface area contributed by atoms with Gasteiger partial charge in [-0.25, -0.2) is 4.98 Å². The van der Waals surface area contributed by atoms with E-state index in [4.69, 9.17) is 0 Å². The number of aromatic nitrogens is 2. The second-order valence-electron chi connectivity index (χ2n) is 8.81. The summed E-state index contributed by atoms with van der Waals surface area (Å²) in [4.78, 5) is 23.5. The van der Waals surface area contributed by atoms with Gasteiger partial charge in [-0.15, -0.1) is 4.40 Å². The number of piperidine rings is 1. The van der Waals surface area contributed by atoms with Crippen LogP contribution in [0.1, 0.15) is 18.4 Å². The second kappa shape index (κ2) is 8.35. The van der Waals surface area contributed by atoms with Crippen molar-refractivity contribution in [3.63, 3.8) is 0 Å². The van der Waals surface area contributed by atoms with Crippen molar-refractivity contribution < 1.29 is 13.2 Å². The van der Waals surface area contributed by atoms with E-state index < -0.39 is 10.0 Å². The molecule has 1 unspecified atom stereocenters. The molecular weight excluding hydrogens is 462 g/mol. The quantitative estimate of drug-likeness (QED) is 0.456. The minimum atomic E-state index is -3.70. The molecule has 0 radical (unpaired) electrons. The van der Waals surface area contributed by atoms with Gasteiger partial charge < -0.3 is 15.2 Å². The van der Waals surface area contributed by atoms with Crippen LogP contribution in [-0.2, 0) is 14.8 Å². The summed E-state index contributed by atoms with van der Waals surface area (Å²) >= 11 is 0. The number of anilines is 1. The smallest absolute Gasteiger partial charge is 0.285 e. The molecule has 6 rings (SSSR count). The molecule has 1 atom stereocenters. The Kier molecular flexibility index (Phi) is 5.14. The molecule has 0 saturated carbocycles. The fourth-order valence-electron chi connectivity index (χ4n) is 4.81. The molecule has 1 amide bonds. The predicted molar refractivity (Wildman–Crippen MR) is 135 cm³/mol. The van der Waals surface area contributed by atoms with E-state index >= 15 is 0 Å². The molecule has 3 heterocycles. The minimum absolute atomic E-state index is 0.104. The lowest BCUT2D eigenvalue weighted by atomic mass is 9.96. The average Bonchev–Trinajstić information content (AvgIpc) is 3.43. The van der Waals surface area contributed by atoms with Crippen molar-refractivity contribution in [3.05, 3.63) is 78.4 Å². The van der Waals surface area contributed by atoms with Gasteiger partial charge in [0, 0.05) is 24.2 Å². The first kappa shape index (κ1) is 21.5. The van der Waals surface area contributed by atoms with Crippen molar-refractivity contribution in [1.29, 1.82) is 0 Å². The monoisotopic (exact) mass is 485 g/mol. The van der Waals surface area contributed by atoms with Crippen LogP contribution >= 0.6 is 0 Å². The third kappa shape index (κ3) is 3.87. The van der Waals surface area contributed by atoms with Crippen molar-refractivity contribution in [2.75, 3.05) is 18.4 Å². The molecule has 0 spiro atoms. The normalized spacial score (nSPS) is 18.8. The van der Waals surface area contributed by atoms with Gasteiger partial charge in [-0.05, 0) is 49.2 Å². The fraction of sp³-hybridized carbons (Fsp3) is 0.192. The molecule has 8 nitrogen and oxygen atoms in total. The van der Waals surface area contributed by atoms with E-state index in [-0.39, 0.29) is 16.7 Å². The van der Waals surface area contributed by atoms with Gasteiger partial charge in [0.15, 0.2) is 5.84 Å². The first-order valence-electron chi connectivity index (χ1n) is 11.5. The van der Waals surface area contributed by atoms with Crippen LogP contribution in [0.4, 0.5) is 5.69 Å². The Morgan fingerprint density at radius 1 is 0.971 bits per heavy atom. The standard InChI is InChI=1S/C26H23N5O3S/c32-26(29-20-11-3-1-9-18(20)24-27-21-12-4-5-13-22(21)28-24)17-8-7-15-31(16-17)25-19-10-2-6-14-23(19)35(33,34)30-25/h1-6,9-14,17H,7-8,15-16H2,(H,27,28)(H,29,32). The van der Waals surface area contributed by atoms with Crippen LogP contribution in [0, 0.1) is 5.92 Å². The maximum atomic E-state index is 13.3. The average molecular weight is 486 g/mol. The summed E-state index contributed by atoms with van der Waals surface area (Å²) in [6.07, 6.45) is 1.49. The predicted octanol–water partition coefficient (Wildman–Crippen LogP) is 4.03. The van der Waals surface area contributed by atoms with Crippen molar-refractivity contribution in [2.24, 2.45) is 10.3 Å². The van der Waals surface area contributed by atoms with Crippen molar-refractivity contribution in [1.82, 2.24) is 14.9 Å². The molecule has 0 aliphatic carbocycles. The number of hydrogen-bond donors (Lipinski definition) is 2. The number of aromatic amines is 1. The minimum Gasteiger partial charge on any atom is -0.355 e. The number of carbonyl (C=O) groups is 1. The highest BCUT2D eigenvalue weighted by Gasteiger charge is 2.35. The number of benzene rings is 3. The highest BCUT2D eigenvalue weighted by Crippen LogP contribution is 2.31. The van der Waals surface area contributed by atoms with E-state index in [1.807, 2.05) is 53.4 Å². The van der Waals surface area contributed by atoms with Gasteiger partial charge in [-0.3, -0.25) is 4.79 Å². The zero-order valence-corrected chi connectivity index (χ0v) is 19.6. The zero-order valence-electron chi connectivity index (χ0n) is 18.8. The largest absolute Gasteiger partial charge is 0.355 e. The lowest BCUT2D eigenvalue weighted by molar-refractivity contribution is -0.121. The van der Waals surface area contributed by atoms with Crippen LogP contribution in [0.2, 0.25) is 0 Å². The van der Waals surface area contributed by atoms with Crippen molar-refractivity contribution in [2.45, 2.75) is 17.7 Å². The van der Waals surface area contributed by atoms with E-state index in [2.05, 4.69) is 19.7 Å². The van der Waals surface area contributed by atoms with Crippen LogP contribution < -0.4 is 5.32 Å². The molecule has 1 fully saturated rings.